The van der Waals surface area contributed by atoms with Gasteiger partial charge in [0.25, 0.3) is 0 Å². The topological polar surface area (TPSA) is 93.0 Å². The first-order valence-electron chi connectivity index (χ1n) is 8.20. The first kappa shape index (κ1) is 21.1. The Balaban J connectivity index is 2.72. The first-order chi connectivity index (χ1) is 13.2. The van der Waals surface area contributed by atoms with Crippen molar-refractivity contribution in [1.29, 1.82) is 0 Å². The molecule has 0 saturated carbocycles. The van der Waals surface area contributed by atoms with Crippen LogP contribution in [0.4, 0.5) is 18.9 Å². The molecule has 0 aromatic heterocycles. The summed E-state index contributed by atoms with van der Waals surface area (Å²) in [6.07, 6.45) is 0.124. The van der Waals surface area contributed by atoms with Crippen LogP contribution in [-0.4, -0.2) is 23.1 Å². The number of ether oxygens (including phenoxy) is 1. The standard InChI is InChI=1S/C19H16F3NO5/c1-9(4-6-13(25)26)3-5-11-14(16(20)18(21)22)10(2)12-7-28-19(27)15(12)17(11)23-8-24/h3H,4-7H2,1-2H3,(H,25,26)/b9-3+. The average Bonchev–Trinajstić information content (AvgIpc) is 3.02. The number of fused-ring (bicyclic) bond motifs is 1. The van der Waals surface area contributed by atoms with Crippen LogP contribution in [0, 0.1) is 6.92 Å². The van der Waals surface area contributed by atoms with Crippen molar-refractivity contribution >= 4 is 29.5 Å². The number of hydrogen-bond acceptors (Lipinski definition) is 5. The molecule has 1 aromatic rings. The van der Waals surface area contributed by atoms with E-state index in [0.717, 1.165) is 0 Å². The lowest BCUT2D eigenvalue weighted by molar-refractivity contribution is -0.136. The molecule has 6 nitrogen and oxygen atoms in total. The number of hydrogen-bond donors (Lipinski definition) is 1. The van der Waals surface area contributed by atoms with Crippen LogP contribution in [0.25, 0.3) is 5.83 Å². The maximum absolute atomic E-state index is 14.3. The number of aliphatic imine (C=N–C) groups is 1. The highest BCUT2D eigenvalue weighted by Crippen LogP contribution is 2.42. The number of carbonyl (C=O) groups is 2. The molecular weight excluding hydrogens is 379 g/mol. The van der Waals surface area contributed by atoms with Gasteiger partial charge in [0.05, 0.1) is 11.3 Å². The van der Waals surface area contributed by atoms with Gasteiger partial charge >= 0.3 is 18.0 Å². The van der Waals surface area contributed by atoms with Crippen LogP contribution in [0.2, 0.25) is 0 Å². The first-order valence-corrected chi connectivity index (χ1v) is 8.20. The fraction of sp³-hybridized carbons (Fsp3) is 0.316. The second kappa shape index (κ2) is 8.67. The number of isocyanates is 1. The smallest absolute Gasteiger partial charge is 0.341 e. The third-order valence-electron chi connectivity index (χ3n) is 4.44. The number of carbonyl (C=O) groups excluding carboxylic acids is 2. The summed E-state index contributed by atoms with van der Waals surface area (Å²) in [7, 11) is 0. The lowest BCUT2D eigenvalue weighted by Crippen LogP contribution is -2.05. The van der Waals surface area contributed by atoms with Crippen LogP contribution in [0.3, 0.4) is 0 Å². The third-order valence-corrected chi connectivity index (χ3v) is 4.44. The van der Waals surface area contributed by atoms with Gasteiger partial charge in [-0.05, 0) is 37.8 Å². The van der Waals surface area contributed by atoms with Crippen LogP contribution in [0.1, 0.15) is 52.4 Å². The van der Waals surface area contributed by atoms with E-state index in [1.165, 1.54) is 19.1 Å². The van der Waals surface area contributed by atoms with Crippen LogP contribution in [0.5, 0.6) is 0 Å². The van der Waals surface area contributed by atoms with Crippen LogP contribution in [-0.2, 0) is 27.4 Å². The number of aliphatic carboxylic acids is 1. The number of allylic oxidation sites excluding steroid dienone is 2. The number of rotatable bonds is 7. The molecule has 0 unspecified atom stereocenters. The van der Waals surface area contributed by atoms with E-state index in [1.54, 1.807) is 6.92 Å². The molecule has 1 aromatic carbocycles. The maximum atomic E-state index is 14.3. The van der Waals surface area contributed by atoms with Gasteiger partial charge in [-0.2, -0.15) is 13.8 Å². The normalized spacial score (nSPS) is 12.9. The zero-order valence-corrected chi connectivity index (χ0v) is 15.1. The number of carboxylic acid groups (broad SMARTS) is 1. The monoisotopic (exact) mass is 395 g/mol. The SMILES string of the molecule is C/C(=C\Cc1c(N=C=O)c2c(c(C)c1C(F)=C(F)F)COC2=O)CCC(=O)O. The van der Waals surface area contributed by atoms with E-state index in [0.29, 0.717) is 5.57 Å². The number of nitrogens with zero attached hydrogens (tertiary/aromatic N) is 1. The molecule has 28 heavy (non-hydrogen) atoms. The Morgan fingerprint density at radius 2 is 2.00 bits per heavy atom. The molecule has 0 saturated heterocycles. The molecule has 2 rings (SSSR count). The average molecular weight is 395 g/mol. The van der Waals surface area contributed by atoms with E-state index >= 15 is 0 Å². The van der Waals surface area contributed by atoms with Crippen molar-refractivity contribution in [2.75, 3.05) is 0 Å². The molecule has 1 aliphatic rings. The minimum atomic E-state index is -2.55. The third kappa shape index (κ3) is 4.20. The molecular formula is C19H16F3NO5. The van der Waals surface area contributed by atoms with E-state index in [4.69, 9.17) is 9.84 Å². The quantitative estimate of drug-likeness (QED) is 0.317. The van der Waals surface area contributed by atoms with E-state index in [-0.39, 0.29) is 53.8 Å². The molecule has 0 aliphatic carbocycles. The Kier molecular flexibility index (Phi) is 6.53. The van der Waals surface area contributed by atoms with Crippen molar-refractivity contribution in [3.8, 4) is 0 Å². The van der Waals surface area contributed by atoms with E-state index in [1.807, 2.05) is 0 Å². The van der Waals surface area contributed by atoms with E-state index < -0.39 is 29.4 Å². The Morgan fingerprint density at radius 3 is 2.57 bits per heavy atom. The van der Waals surface area contributed by atoms with Gasteiger partial charge in [-0.1, -0.05) is 11.6 Å². The Bertz CT molecular complexity index is 955. The predicted molar refractivity (Wildman–Crippen MR) is 92.7 cm³/mol. The molecule has 0 bridgehead atoms. The van der Waals surface area contributed by atoms with Gasteiger partial charge in [-0.25, -0.2) is 14.0 Å². The Morgan fingerprint density at radius 1 is 1.32 bits per heavy atom. The van der Waals surface area contributed by atoms with Crippen LogP contribution in [0.15, 0.2) is 22.7 Å². The number of esters is 1. The molecule has 0 amide bonds. The molecule has 1 heterocycles. The van der Waals surface area contributed by atoms with Crippen molar-refractivity contribution in [3.05, 3.63) is 45.5 Å². The molecule has 1 N–H and O–H groups in total. The Hall–Kier alpha value is -3.19. The van der Waals surface area contributed by atoms with Gasteiger partial charge in [0.1, 0.15) is 6.61 Å². The minimum Gasteiger partial charge on any atom is -0.481 e. The van der Waals surface area contributed by atoms with Gasteiger partial charge in [0.15, 0.2) is 5.83 Å². The molecule has 0 spiro atoms. The van der Waals surface area contributed by atoms with Gasteiger partial charge in [0, 0.05) is 17.5 Å². The van der Waals surface area contributed by atoms with Crippen molar-refractivity contribution in [1.82, 2.24) is 0 Å². The highest BCUT2D eigenvalue weighted by atomic mass is 19.3. The van der Waals surface area contributed by atoms with Crippen LogP contribution < -0.4 is 0 Å². The predicted octanol–water partition coefficient (Wildman–Crippen LogP) is 4.52. The van der Waals surface area contributed by atoms with E-state index in [9.17, 15) is 27.6 Å². The summed E-state index contributed by atoms with van der Waals surface area (Å²) < 4.78 is 45.3. The second-order valence-electron chi connectivity index (χ2n) is 6.18. The number of halogens is 3. The number of cyclic esters (lactones) is 1. The lowest BCUT2D eigenvalue weighted by Gasteiger charge is -2.16. The Labute approximate surface area is 158 Å². The zero-order chi connectivity index (χ0) is 21.0. The molecule has 148 valence electrons. The summed E-state index contributed by atoms with van der Waals surface area (Å²) in [6.45, 7) is 2.75. The summed E-state index contributed by atoms with van der Waals surface area (Å²) in [5, 5.41) is 8.74. The summed E-state index contributed by atoms with van der Waals surface area (Å²) in [6, 6.07) is 0. The highest BCUT2D eigenvalue weighted by molar-refractivity contribution is 6.01. The molecule has 0 fully saturated rings. The lowest BCUT2D eigenvalue weighted by atomic mass is 9.88. The number of benzene rings is 1. The molecule has 9 heteroatoms. The van der Waals surface area contributed by atoms with Crippen molar-refractivity contribution in [2.24, 2.45) is 4.99 Å². The van der Waals surface area contributed by atoms with Gasteiger partial charge < -0.3 is 9.84 Å². The van der Waals surface area contributed by atoms with Gasteiger partial charge in [-0.15, -0.1) is 0 Å². The minimum absolute atomic E-state index is 0.0803. The largest absolute Gasteiger partial charge is 0.481 e. The summed E-state index contributed by atoms with van der Waals surface area (Å²) in [5.74, 6) is -3.59. The van der Waals surface area contributed by atoms with E-state index in [2.05, 4.69) is 4.99 Å². The fourth-order valence-corrected chi connectivity index (χ4v) is 3.03. The van der Waals surface area contributed by atoms with Crippen LogP contribution >= 0.6 is 0 Å². The summed E-state index contributed by atoms with van der Waals surface area (Å²) >= 11 is 0. The van der Waals surface area contributed by atoms with Crippen molar-refractivity contribution in [3.63, 3.8) is 0 Å². The second-order valence-corrected chi connectivity index (χ2v) is 6.18. The zero-order valence-electron chi connectivity index (χ0n) is 15.1. The van der Waals surface area contributed by atoms with Crippen molar-refractivity contribution in [2.45, 2.75) is 39.7 Å². The highest BCUT2D eigenvalue weighted by Gasteiger charge is 2.33. The van der Waals surface area contributed by atoms with Gasteiger partial charge in [0.2, 0.25) is 6.08 Å². The maximum Gasteiger partial charge on any atom is 0.341 e. The van der Waals surface area contributed by atoms with Gasteiger partial charge in [-0.3, -0.25) is 4.79 Å². The molecule has 0 radical (unpaired) electrons. The molecule has 0 atom stereocenters. The number of carboxylic acids is 1. The summed E-state index contributed by atoms with van der Waals surface area (Å²) in [4.78, 5) is 37.0. The van der Waals surface area contributed by atoms with Crippen molar-refractivity contribution < 1.29 is 37.4 Å². The fourth-order valence-electron chi connectivity index (χ4n) is 3.03. The summed E-state index contributed by atoms with van der Waals surface area (Å²) in [5.41, 5.74) is -0.0367. The molecule has 1 aliphatic heterocycles.